The number of aliphatic hydroxyl groups excluding tert-OH is 1. The molecule has 3 rings (SSSR count). The minimum absolute atomic E-state index is 0.0327. The Morgan fingerprint density at radius 2 is 2.22 bits per heavy atom. The van der Waals surface area contributed by atoms with Crippen molar-refractivity contribution in [1.82, 2.24) is 14.8 Å². The van der Waals surface area contributed by atoms with Crippen LogP contribution in [0, 0.1) is 6.92 Å². The Labute approximate surface area is 143 Å². The largest absolute Gasteiger partial charge is 0.394 e. The highest BCUT2D eigenvalue weighted by atomic mass is 35.5. The van der Waals surface area contributed by atoms with Gasteiger partial charge in [-0.15, -0.1) is 11.3 Å². The Kier molecular flexibility index (Phi) is 4.95. The van der Waals surface area contributed by atoms with E-state index in [1.54, 1.807) is 16.0 Å². The molecule has 0 saturated carbocycles. The molecule has 0 fully saturated rings. The van der Waals surface area contributed by atoms with Gasteiger partial charge in [0.05, 0.1) is 30.4 Å². The molecular weight excluding hydrogens is 332 g/mol. The Morgan fingerprint density at radius 3 is 2.91 bits per heavy atom. The number of hydrogen-bond acceptors (Lipinski definition) is 5. The fraction of sp³-hybridized carbons (Fsp3) is 0.250. The van der Waals surface area contributed by atoms with Crippen molar-refractivity contribution in [2.75, 3.05) is 11.9 Å². The summed E-state index contributed by atoms with van der Waals surface area (Å²) in [7, 11) is 0. The molecule has 0 saturated heterocycles. The van der Waals surface area contributed by atoms with Crippen molar-refractivity contribution < 1.29 is 5.11 Å². The van der Waals surface area contributed by atoms with E-state index in [-0.39, 0.29) is 6.61 Å². The summed E-state index contributed by atoms with van der Waals surface area (Å²) in [5.41, 5.74) is 1.77. The second kappa shape index (κ2) is 7.12. The highest BCUT2D eigenvalue weighted by Crippen LogP contribution is 2.25. The highest BCUT2D eigenvalue weighted by molar-refractivity contribution is 7.11. The normalized spacial score (nSPS) is 10.9. The van der Waals surface area contributed by atoms with E-state index in [0.29, 0.717) is 18.1 Å². The van der Waals surface area contributed by atoms with Crippen LogP contribution in [-0.2, 0) is 13.1 Å². The number of halogens is 1. The zero-order valence-electron chi connectivity index (χ0n) is 12.7. The van der Waals surface area contributed by atoms with Gasteiger partial charge in [0, 0.05) is 27.7 Å². The number of thiazole rings is 1. The van der Waals surface area contributed by atoms with E-state index in [1.165, 1.54) is 0 Å². The maximum atomic E-state index is 9.24. The lowest BCUT2D eigenvalue weighted by Gasteiger charge is -2.07. The molecule has 23 heavy (non-hydrogen) atoms. The van der Waals surface area contributed by atoms with Gasteiger partial charge in [0.1, 0.15) is 5.82 Å². The molecule has 0 aliphatic heterocycles. The molecule has 3 aromatic rings. The van der Waals surface area contributed by atoms with Gasteiger partial charge in [-0.1, -0.05) is 23.7 Å². The number of nitrogens with zero attached hydrogens (tertiary/aromatic N) is 3. The summed E-state index contributed by atoms with van der Waals surface area (Å²) in [4.78, 5) is 5.41. The lowest BCUT2D eigenvalue weighted by molar-refractivity contribution is 0.270. The van der Waals surface area contributed by atoms with Crippen LogP contribution in [0.2, 0.25) is 5.02 Å². The van der Waals surface area contributed by atoms with Gasteiger partial charge in [-0.05, 0) is 19.1 Å². The van der Waals surface area contributed by atoms with Gasteiger partial charge < -0.3 is 10.4 Å². The Morgan fingerprint density at radius 1 is 1.35 bits per heavy atom. The van der Waals surface area contributed by atoms with Crippen LogP contribution in [-0.4, -0.2) is 26.5 Å². The maximum absolute atomic E-state index is 9.24. The summed E-state index contributed by atoms with van der Waals surface area (Å²) in [6.45, 7) is 3.13. The first-order valence-corrected chi connectivity index (χ1v) is 8.45. The van der Waals surface area contributed by atoms with E-state index in [0.717, 1.165) is 27.0 Å². The van der Waals surface area contributed by atoms with Crippen LogP contribution >= 0.6 is 22.9 Å². The molecule has 5 nitrogen and oxygen atoms in total. The fourth-order valence-electron chi connectivity index (χ4n) is 2.28. The summed E-state index contributed by atoms with van der Waals surface area (Å²) < 4.78 is 1.77. The van der Waals surface area contributed by atoms with E-state index in [2.05, 4.69) is 15.4 Å². The molecule has 0 aliphatic carbocycles. The van der Waals surface area contributed by atoms with Crippen LogP contribution in [0.15, 0.2) is 36.5 Å². The Bertz CT molecular complexity index is 799. The second-order valence-corrected chi connectivity index (χ2v) is 6.83. The molecule has 0 aliphatic rings. The van der Waals surface area contributed by atoms with Crippen molar-refractivity contribution in [2.24, 2.45) is 0 Å². The molecule has 0 amide bonds. The first kappa shape index (κ1) is 16.0. The van der Waals surface area contributed by atoms with Crippen LogP contribution in [0.1, 0.15) is 9.88 Å². The van der Waals surface area contributed by atoms with Gasteiger partial charge in [-0.2, -0.15) is 5.10 Å². The lowest BCUT2D eigenvalue weighted by atomic mass is 10.1. The number of aryl methyl sites for hydroxylation is 1. The zero-order valence-corrected chi connectivity index (χ0v) is 14.2. The number of benzene rings is 1. The summed E-state index contributed by atoms with van der Waals surface area (Å²) in [5.74, 6) is 0.861. The van der Waals surface area contributed by atoms with Crippen LogP contribution in [0.25, 0.3) is 11.3 Å². The number of hydrogen-bond donors (Lipinski definition) is 2. The van der Waals surface area contributed by atoms with Gasteiger partial charge >= 0.3 is 0 Å². The first-order valence-electron chi connectivity index (χ1n) is 7.25. The molecule has 2 aromatic heterocycles. The Hall–Kier alpha value is -1.89. The molecular formula is C16H17ClN4OS. The number of aliphatic hydroxyl groups is 1. The molecule has 2 heterocycles. The van der Waals surface area contributed by atoms with E-state index < -0.39 is 0 Å². The van der Waals surface area contributed by atoms with Crippen molar-refractivity contribution in [3.8, 4) is 11.3 Å². The molecule has 7 heteroatoms. The number of rotatable bonds is 6. The van der Waals surface area contributed by atoms with Crippen molar-refractivity contribution >= 4 is 28.8 Å². The molecule has 0 unspecified atom stereocenters. The summed E-state index contributed by atoms with van der Waals surface area (Å²) in [5, 5.41) is 18.9. The van der Waals surface area contributed by atoms with Gasteiger partial charge in [0.25, 0.3) is 0 Å². The smallest absolute Gasteiger partial charge is 0.125 e. The van der Waals surface area contributed by atoms with Gasteiger partial charge in [-0.3, -0.25) is 0 Å². The molecule has 0 bridgehead atoms. The van der Waals surface area contributed by atoms with Gasteiger partial charge in [0.15, 0.2) is 0 Å². The van der Waals surface area contributed by atoms with Gasteiger partial charge in [0.2, 0.25) is 0 Å². The predicted octanol–water partition coefficient (Wildman–Crippen LogP) is 3.57. The van der Waals surface area contributed by atoms with Crippen LogP contribution in [0.5, 0.6) is 0 Å². The average Bonchev–Trinajstić information content (AvgIpc) is 3.12. The molecule has 120 valence electrons. The average molecular weight is 349 g/mol. The molecule has 1 aromatic carbocycles. The SMILES string of the molecule is Cc1ncc(CNc2cc(-c3cccc(Cl)c3)nn2CCO)s1. The zero-order chi connectivity index (χ0) is 16.2. The van der Waals surface area contributed by atoms with Crippen molar-refractivity contribution in [2.45, 2.75) is 20.0 Å². The molecule has 0 atom stereocenters. The molecule has 2 N–H and O–H groups in total. The lowest BCUT2D eigenvalue weighted by Crippen LogP contribution is -2.09. The standard InChI is InChI=1S/C16H17ClN4OS/c1-11-18-9-14(23-11)10-19-16-8-15(20-21(16)5-6-22)12-3-2-4-13(17)7-12/h2-4,7-9,19,22H,5-6,10H2,1H3. The first-order chi connectivity index (χ1) is 11.2. The third kappa shape index (κ3) is 3.90. The van der Waals surface area contributed by atoms with Gasteiger partial charge in [-0.25, -0.2) is 9.67 Å². The van der Waals surface area contributed by atoms with Crippen LogP contribution in [0.3, 0.4) is 0 Å². The van der Waals surface area contributed by atoms with E-state index >= 15 is 0 Å². The van der Waals surface area contributed by atoms with Crippen LogP contribution < -0.4 is 5.32 Å². The monoisotopic (exact) mass is 348 g/mol. The van der Waals surface area contributed by atoms with E-state index in [9.17, 15) is 5.11 Å². The minimum Gasteiger partial charge on any atom is -0.394 e. The quantitative estimate of drug-likeness (QED) is 0.714. The Balaban J connectivity index is 1.83. The third-order valence-corrected chi connectivity index (χ3v) is 4.47. The maximum Gasteiger partial charge on any atom is 0.125 e. The number of anilines is 1. The summed E-state index contributed by atoms with van der Waals surface area (Å²) in [6.07, 6.45) is 1.87. The van der Waals surface area contributed by atoms with Crippen molar-refractivity contribution in [3.63, 3.8) is 0 Å². The van der Waals surface area contributed by atoms with E-state index in [1.807, 2.05) is 43.5 Å². The van der Waals surface area contributed by atoms with Crippen molar-refractivity contribution in [3.05, 3.63) is 51.4 Å². The van der Waals surface area contributed by atoms with Crippen molar-refractivity contribution in [1.29, 1.82) is 0 Å². The summed E-state index contributed by atoms with van der Waals surface area (Å²) in [6, 6.07) is 9.55. The molecule has 0 spiro atoms. The van der Waals surface area contributed by atoms with Crippen LogP contribution in [0.4, 0.5) is 5.82 Å². The summed E-state index contributed by atoms with van der Waals surface area (Å²) >= 11 is 7.71. The third-order valence-electron chi connectivity index (χ3n) is 3.33. The second-order valence-electron chi connectivity index (χ2n) is 5.07. The molecule has 0 radical (unpaired) electrons. The van der Waals surface area contributed by atoms with E-state index in [4.69, 9.17) is 11.6 Å². The predicted molar refractivity (Wildman–Crippen MR) is 93.9 cm³/mol. The number of nitrogens with one attached hydrogen (secondary N) is 1. The topological polar surface area (TPSA) is 63.0 Å². The minimum atomic E-state index is 0.0327. The number of aromatic nitrogens is 3. The highest BCUT2D eigenvalue weighted by Gasteiger charge is 2.10. The fourth-order valence-corrected chi connectivity index (χ4v) is 3.20.